The molecule has 0 spiro atoms. The first-order valence-electron chi connectivity index (χ1n) is 13.8. The summed E-state index contributed by atoms with van der Waals surface area (Å²) in [5.74, 6) is 3.59. The summed E-state index contributed by atoms with van der Waals surface area (Å²) < 4.78 is 18.0. The van der Waals surface area contributed by atoms with Gasteiger partial charge in [0.05, 0.1) is 13.7 Å². The third-order valence-electron chi connectivity index (χ3n) is 8.40. The number of para-hydroxylation sites is 2. The molecule has 1 heterocycles. The maximum absolute atomic E-state index is 10.4. The molecular formula is C36H31NO4. The number of anilines is 1. The van der Waals surface area contributed by atoms with E-state index in [0.29, 0.717) is 29.4 Å². The van der Waals surface area contributed by atoms with E-state index in [-0.39, 0.29) is 6.61 Å². The Hall–Kier alpha value is -4.74. The van der Waals surface area contributed by atoms with Crippen molar-refractivity contribution >= 4 is 22.5 Å². The maximum atomic E-state index is 10.4. The van der Waals surface area contributed by atoms with Crippen molar-refractivity contribution in [2.75, 3.05) is 26.1 Å². The Morgan fingerprint density at radius 1 is 0.805 bits per heavy atom. The number of fused-ring (bicyclic) bond motifs is 5. The molecule has 5 aromatic carbocycles. The number of aliphatic hydroxyl groups excluding tert-OH is 1. The third kappa shape index (κ3) is 4.12. The molecule has 204 valence electrons. The van der Waals surface area contributed by atoms with E-state index in [9.17, 15) is 5.11 Å². The molecule has 0 saturated heterocycles. The zero-order valence-electron chi connectivity index (χ0n) is 23.3. The van der Waals surface area contributed by atoms with Gasteiger partial charge in [0, 0.05) is 25.2 Å². The van der Waals surface area contributed by atoms with Crippen LogP contribution in [0.2, 0.25) is 0 Å². The Kier molecular flexibility index (Phi) is 5.98. The predicted octanol–water partition coefficient (Wildman–Crippen LogP) is 7.86. The summed E-state index contributed by atoms with van der Waals surface area (Å²) in [6, 6.07) is 31.0. The number of hydrogen-bond donors (Lipinski definition) is 1. The minimum atomic E-state index is -0.426. The highest BCUT2D eigenvalue weighted by atomic mass is 16.6. The molecule has 0 fully saturated rings. The number of hydrogen-bond acceptors (Lipinski definition) is 5. The lowest BCUT2D eigenvalue weighted by molar-refractivity contribution is 0.281. The summed E-state index contributed by atoms with van der Waals surface area (Å²) in [6.45, 7) is -0.0487. The van der Waals surface area contributed by atoms with Crippen LogP contribution >= 0.6 is 0 Å². The summed E-state index contributed by atoms with van der Waals surface area (Å²) in [6.07, 6.45) is 5.19. The van der Waals surface area contributed by atoms with E-state index in [0.717, 1.165) is 33.3 Å². The molecule has 41 heavy (non-hydrogen) atoms. The minimum absolute atomic E-state index is 0.0487. The number of rotatable bonds is 5. The molecule has 0 bridgehead atoms. The van der Waals surface area contributed by atoms with E-state index in [1.54, 1.807) is 7.11 Å². The number of benzene rings is 5. The largest absolute Gasteiger partial charge is 0.497 e. The Balaban J connectivity index is 1.43. The molecular weight excluding hydrogens is 510 g/mol. The molecule has 1 aliphatic carbocycles. The van der Waals surface area contributed by atoms with E-state index in [4.69, 9.17) is 14.2 Å². The van der Waals surface area contributed by atoms with Crippen molar-refractivity contribution in [1.29, 1.82) is 0 Å². The van der Waals surface area contributed by atoms with Gasteiger partial charge in [-0.3, -0.25) is 0 Å². The smallest absolute Gasteiger partial charge is 0.170 e. The normalized spacial score (nSPS) is 16.7. The highest BCUT2D eigenvalue weighted by molar-refractivity contribution is 5.94. The highest BCUT2D eigenvalue weighted by Gasteiger charge is 2.37. The van der Waals surface area contributed by atoms with Gasteiger partial charge in [0.15, 0.2) is 23.0 Å². The fraction of sp³-hybridized carbons (Fsp3) is 0.167. The first-order chi connectivity index (χ1) is 20.0. The van der Waals surface area contributed by atoms with Gasteiger partial charge >= 0.3 is 0 Å². The average molecular weight is 542 g/mol. The lowest BCUT2D eigenvalue weighted by Gasteiger charge is -2.37. The van der Waals surface area contributed by atoms with Crippen LogP contribution in [0, 0.1) is 0 Å². The van der Waals surface area contributed by atoms with Crippen LogP contribution in [0.4, 0.5) is 5.69 Å². The van der Waals surface area contributed by atoms with E-state index in [2.05, 4.69) is 79.7 Å². The molecule has 0 aromatic heterocycles. The molecule has 0 saturated carbocycles. The zero-order chi connectivity index (χ0) is 28.1. The zero-order valence-corrected chi connectivity index (χ0v) is 23.3. The second-order valence-electron chi connectivity index (χ2n) is 10.9. The Labute approximate surface area is 239 Å². The fourth-order valence-corrected chi connectivity index (χ4v) is 6.18. The van der Waals surface area contributed by atoms with Crippen LogP contribution in [0.1, 0.15) is 27.8 Å². The Bertz CT molecular complexity index is 1810. The molecule has 0 radical (unpaired) electrons. The molecule has 5 heteroatoms. The minimum Gasteiger partial charge on any atom is -0.497 e. The van der Waals surface area contributed by atoms with Gasteiger partial charge in [-0.15, -0.1) is 0 Å². The molecule has 1 aliphatic heterocycles. The van der Waals surface area contributed by atoms with Gasteiger partial charge in [0.25, 0.3) is 0 Å². The Morgan fingerprint density at radius 2 is 1.44 bits per heavy atom. The summed E-state index contributed by atoms with van der Waals surface area (Å²) in [5, 5.41) is 12.5. The molecule has 7 rings (SSSR count). The van der Waals surface area contributed by atoms with Crippen molar-refractivity contribution in [1.82, 2.24) is 0 Å². The summed E-state index contributed by atoms with van der Waals surface area (Å²) in [4.78, 5) is 2.11. The molecule has 2 aliphatic rings. The molecule has 0 amide bonds. The summed E-state index contributed by atoms with van der Waals surface area (Å²) in [7, 11) is 5.80. The second-order valence-corrected chi connectivity index (χ2v) is 10.9. The van der Waals surface area contributed by atoms with Crippen LogP contribution in [-0.2, 0) is 18.4 Å². The first-order valence-corrected chi connectivity index (χ1v) is 13.8. The van der Waals surface area contributed by atoms with Gasteiger partial charge in [-0.05, 0) is 99.6 Å². The molecule has 1 N–H and O–H groups in total. The van der Waals surface area contributed by atoms with Crippen LogP contribution < -0.4 is 19.1 Å². The van der Waals surface area contributed by atoms with Crippen molar-refractivity contribution in [2.24, 2.45) is 0 Å². The lowest BCUT2D eigenvalue weighted by atomic mass is 9.66. The number of aliphatic hydroxyl groups is 1. The topological polar surface area (TPSA) is 51.2 Å². The summed E-state index contributed by atoms with van der Waals surface area (Å²) in [5.41, 5.74) is 6.22. The van der Waals surface area contributed by atoms with Crippen LogP contribution in [-0.4, -0.2) is 26.3 Å². The van der Waals surface area contributed by atoms with Crippen LogP contribution in [0.25, 0.3) is 16.8 Å². The number of ether oxygens (including phenoxy) is 3. The first kappa shape index (κ1) is 25.2. The van der Waals surface area contributed by atoms with E-state index in [1.165, 1.54) is 16.7 Å². The van der Waals surface area contributed by atoms with Gasteiger partial charge in [0.1, 0.15) is 5.75 Å². The van der Waals surface area contributed by atoms with Crippen LogP contribution in [0.15, 0.2) is 97.1 Å². The fourth-order valence-electron chi connectivity index (χ4n) is 6.18. The second kappa shape index (κ2) is 9.72. The van der Waals surface area contributed by atoms with Gasteiger partial charge in [-0.1, -0.05) is 48.6 Å². The monoisotopic (exact) mass is 541 g/mol. The van der Waals surface area contributed by atoms with Crippen molar-refractivity contribution in [3.05, 3.63) is 125 Å². The van der Waals surface area contributed by atoms with Gasteiger partial charge < -0.3 is 24.2 Å². The highest BCUT2D eigenvalue weighted by Crippen LogP contribution is 2.50. The maximum Gasteiger partial charge on any atom is 0.170 e. The number of nitrogens with zero attached hydrogens (tertiary/aromatic N) is 1. The van der Waals surface area contributed by atoms with Gasteiger partial charge in [-0.25, -0.2) is 0 Å². The predicted molar refractivity (Wildman–Crippen MR) is 164 cm³/mol. The SMILES string of the molecule is COc1ccc(C2(c3ccc(N(C)C)cc3)C=Cc3c(CO)cc4cc5c(cc4c3C2)Oc2ccccc2O5)cc1. The van der Waals surface area contributed by atoms with Crippen LogP contribution in [0.5, 0.6) is 28.7 Å². The van der Waals surface area contributed by atoms with Crippen molar-refractivity contribution in [2.45, 2.75) is 18.4 Å². The third-order valence-corrected chi connectivity index (χ3v) is 8.40. The van der Waals surface area contributed by atoms with E-state index in [1.807, 2.05) is 42.5 Å². The number of methoxy groups -OCH3 is 1. The van der Waals surface area contributed by atoms with E-state index >= 15 is 0 Å². The average Bonchev–Trinajstić information content (AvgIpc) is 3.02. The Morgan fingerprint density at radius 3 is 2.05 bits per heavy atom. The standard InChI is InChI=1S/C36H31NO4/c1-37(2)27-12-8-25(9-13-27)36(26-10-14-28(39-3)15-11-26)17-16-29-24(22-38)18-23-19-34-35(20-30(23)31(29)21-36)41-33-7-5-4-6-32(33)40-34/h4-20,38H,21-22H2,1-3H3. The quantitative estimate of drug-likeness (QED) is 0.241. The molecule has 5 aromatic rings. The van der Waals surface area contributed by atoms with Gasteiger partial charge in [0.2, 0.25) is 0 Å². The van der Waals surface area contributed by atoms with Gasteiger partial charge in [-0.2, -0.15) is 0 Å². The summed E-state index contributed by atoms with van der Waals surface area (Å²) >= 11 is 0. The van der Waals surface area contributed by atoms with E-state index < -0.39 is 5.41 Å². The lowest BCUT2D eigenvalue weighted by Crippen LogP contribution is -2.31. The number of allylic oxidation sites excluding steroid dienone is 1. The molecule has 5 nitrogen and oxygen atoms in total. The van der Waals surface area contributed by atoms with Crippen molar-refractivity contribution in [3.63, 3.8) is 0 Å². The molecule has 1 unspecified atom stereocenters. The van der Waals surface area contributed by atoms with Crippen molar-refractivity contribution < 1.29 is 19.3 Å². The molecule has 1 atom stereocenters. The van der Waals surface area contributed by atoms with Crippen molar-refractivity contribution in [3.8, 4) is 28.7 Å². The van der Waals surface area contributed by atoms with Crippen LogP contribution in [0.3, 0.4) is 0 Å².